The first kappa shape index (κ1) is 21.0. The number of carbonyl (C=O) groups is 1. The molecule has 1 unspecified atom stereocenters. The van der Waals surface area contributed by atoms with Crippen LogP contribution in [0.2, 0.25) is 0 Å². The fourth-order valence-corrected chi connectivity index (χ4v) is 3.25. The number of halogens is 6. The number of alkyl halides is 6. The number of phenols is 1. The highest BCUT2D eigenvalue weighted by atomic mass is 19.4. The van der Waals surface area contributed by atoms with Crippen molar-refractivity contribution in [2.45, 2.75) is 36.8 Å². The summed E-state index contributed by atoms with van der Waals surface area (Å²) < 4.78 is 82.5. The van der Waals surface area contributed by atoms with Gasteiger partial charge in [0.15, 0.2) is 0 Å². The Morgan fingerprint density at radius 3 is 2.13 bits per heavy atom. The summed E-state index contributed by atoms with van der Waals surface area (Å²) in [5, 5.41) is 12.0. The number of amides is 1. The van der Waals surface area contributed by atoms with Crippen molar-refractivity contribution in [1.82, 2.24) is 0 Å². The van der Waals surface area contributed by atoms with Gasteiger partial charge in [0.2, 0.25) is 12.0 Å². The predicted molar refractivity (Wildman–Crippen MR) is 96.6 cm³/mol. The Morgan fingerprint density at radius 2 is 1.58 bits per heavy atom. The number of hydrogen-bond donors (Lipinski definition) is 2. The van der Waals surface area contributed by atoms with Crippen LogP contribution >= 0.6 is 0 Å². The molecule has 2 N–H and O–H groups in total. The molecule has 0 saturated heterocycles. The van der Waals surface area contributed by atoms with E-state index in [1.165, 1.54) is 0 Å². The molecule has 1 aliphatic carbocycles. The summed E-state index contributed by atoms with van der Waals surface area (Å²) in [6.45, 7) is 0. The molecule has 1 spiro atoms. The van der Waals surface area contributed by atoms with Crippen LogP contribution in [0.25, 0.3) is 0 Å². The molecule has 2 aromatic carbocycles. The second-order valence-electron chi connectivity index (χ2n) is 7.31. The minimum absolute atomic E-state index is 0.0281. The highest BCUT2D eigenvalue weighted by Crippen LogP contribution is 2.49. The van der Waals surface area contributed by atoms with Crippen LogP contribution in [0.4, 0.5) is 32.0 Å². The molecular formula is C20H14F6N2O3. The van der Waals surface area contributed by atoms with Gasteiger partial charge in [0.1, 0.15) is 11.3 Å². The number of carbonyl (C=O) groups excluding carboxylic acids is 1. The molecule has 31 heavy (non-hydrogen) atoms. The molecule has 1 amide bonds. The smallest absolute Gasteiger partial charge is 0.416 e. The van der Waals surface area contributed by atoms with E-state index in [9.17, 15) is 36.2 Å². The fourth-order valence-electron chi connectivity index (χ4n) is 3.25. The largest absolute Gasteiger partial charge is 0.506 e. The normalized spacial score (nSPS) is 19.7. The van der Waals surface area contributed by atoms with Crippen LogP contribution in [0.1, 0.15) is 29.5 Å². The topological polar surface area (TPSA) is 70.9 Å². The number of aromatic hydroxyl groups is 1. The van der Waals surface area contributed by atoms with Gasteiger partial charge in [-0.25, -0.2) is 4.99 Å². The first-order valence-electron chi connectivity index (χ1n) is 9.04. The zero-order chi connectivity index (χ0) is 22.6. The summed E-state index contributed by atoms with van der Waals surface area (Å²) in [4.78, 5) is 17.0. The number of phenolic OH excluding ortho intramolecular Hbond substituents is 1. The summed E-state index contributed by atoms with van der Waals surface area (Å²) >= 11 is 0. The summed E-state index contributed by atoms with van der Waals surface area (Å²) in [6, 6.07) is 6.12. The molecule has 5 nitrogen and oxygen atoms in total. The molecule has 1 saturated carbocycles. The van der Waals surface area contributed by atoms with Gasteiger partial charge >= 0.3 is 12.4 Å². The SMILES string of the molecule is O=C(Nc1cc(C(F)(F)F)ccc1O)C1OC(c2ccc(C(F)(F)F)cc2)=NC12CC2. The maximum absolute atomic E-state index is 12.9. The van der Waals surface area contributed by atoms with Crippen molar-refractivity contribution in [3.05, 3.63) is 59.2 Å². The number of aliphatic imine (C=N–C) groups is 1. The molecule has 0 aromatic heterocycles. The van der Waals surface area contributed by atoms with Crippen LogP contribution in [-0.4, -0.2) is 28.6 Å². The molecule has 2 aliphatic rings. The average Bonchev–Trinajstić information content (AvgIpc) is 3.34. The van der Waals surface area contributed by atoms with Gasteiger partial charge in [0, 0.05) is 5.56 Å². The van der Waals surface area contributed by atoms with Gasteiger partial charge in [0.05, 0.1) is 16.8 Å². The van der Waals surface area contributed by atoms with E-state index in [1.807, 2.05) is 0 Å². The molecular weight excluding hydrogens is 430 g/mol. The summed E-state index contributed by atoms with van der Waals surface area (Å²) in [5.74, 6) is -1.41. The Balaban J connectivity index is 1.53. The minimum atomic E-state index is -4.67. The lowest BCUT2D eigenvalue weighted by molar-refractivity contribution is -0.138. The first-order chi connectivity index (χ1) is 14.4. The van der Waals surface area contributed by atoms with E-state index in [0.29, 0.717) is 25.0 Å². The lowest BCUT2D eigenvalue weighted by Crippen LogP contribution is -2.37. The van der Waals surface area contributed by atoms with Crippen LogP contribution in [0.3, 0.4) is 0 Å². The van der Waals surface area contributed by atoms with Gasteiger partial charge in [0.25, 0.3) is 5.91 Å². The van der Waals surface area contributed by atoms with Crippen molar-refractivity contribution in [2.24, 2.45) is 4.99 Å². The van der Waals surface area contributed by atoms with Crippen molar-refractivity contribution < 1.29 is 41.0 Å². The lowest BCUT2D eigenvalue weighted by atomic mass is 10.1. The average molecular weight is 444 g/mol. The number of nitrogens with one attached hydrogen (secondary N) is 1. The zero-order valence-corrected chi connectivity index (χ0v) is 15.5. The van der Waals surface area contributed by atoms with E-state index in [1.54, 1.807) is 0 Å². The van der Waals surface area contributed by atoms with Crippen molar-refractivity contribution in [1.29, 1.82) is 0 Å². The molecule has 1 fully saturated rings. The quantitative estimate of drug-likeness (QED) is 0.531. The number of nitrogens with zero attached hydrogens (tertiary/aromatic N) is 1. The van der Waals surface area contributed by atoms with Crippen LogP contribution in [0.15, 0.2) is 47.5 Å². The van der Waals surface area contributed by atoms with E-state index in [-0.39, 0.29) is 11.5 Å². The van der Waals surface area contributed by atoms with E-state index in [2.05, 4.69) is 10.3 Å². The van der Waals surface area contributed by atoms with E-state index in [0.717, 1.165) is 30.3 Å². The van der Waals surface area contributed by atoms with Gasteiger partial charge in [-0.2, -0.15) is 26.3 Å². The van der Waals surface area contributed by atoms with Gasteiger partial charge in [-0.15, -0.1) is 0 Å². The molecule has 1 atom stereocenters. The highest BCUT2D eigenvalue weighted by molar-refractivity contribution is 6.03. The van der Waals surface area contributed by atoms with Gasteiger partial charge < -0.3 is 15.2 Å². The number of ether oxygens (including phenoxy) is 1. The maximum atomic E-state index is 12.9. The Labute approximate surface area is 171 Å². The van der Waals surface area contributed by atoms with Crippen LogP contribution in [-0.2, 0) is 21.9 Å². The molecule has 164 valence electrons. The van der Waals surface area contributed by atoms with Crippen LogP contribution in [0, 0.1) is 0 Å². The minimum Gasteiger partial charge on any atom is -0.506 e. The van der Waals surface area contributed by atoms with E-state index >= 15 is 0 Å². The molecule has 1 heterocycles. The van der Waals surface area contributed by atoms with Crippen LogP contribution in [0.5, 0.6) is 5.75 Å². The number of hydrogen-bond acceptors (Lipinski definition) is 4. The molecule has 2 aromatic rings. The Morgan fingerprint density at radius 1 is 1.00 bits per heavy atom. The monoisotopic (exact) mass is 444 g/mol. The lowest BCUT2D eigenvalue weighted by Gasteiger charge is -2.18. The highest BCUT2D eigenvalue weighted by Gasteiger charge is 2.59. The number of anilines is 1. The van der Waals surface area contributed by atoms with Crippen molar-refractivity contribution in [3.8, 4) is 5.75 Å². The second-order valence-corrected chi connectivity index (χ2v) is 7.31. The molecule has 1 aliphatic heterocycles. The fraction of sp³-hybridized carbons (Fsp3) is 0.300. The predicted octanol–water partition coefficient (Wildman–Crippen LogP) is 4.75. The van der Waals surface area contributed by atoms with Crippen molar-refractivity contribution in [3.63, 3.8) is 0 Å². The summed E-state index contributed by atoms with van der Waals surface area (Å²) in [7, 11) is 0. The van der Waals surface area contributed by atoms with Crippen LogP contribution < -0.4 is 5.32 Å². The Bertz CT molecular complexity index is 1060. The van der Waals surface area contributed by atoms with Gasteiger partial charge in [-0.05, 0) is 55.3 Å². The molecule has 11 heteroatoms. The van der Waals surface area contributed by atoms with Crippen molar-refractivity contribution in [2.75, 3.05) is 5.32 Å². The van der Waals surface area contributed by atoms with E-state index < -0.39 is 52.5 Å². The third kappa shape index (κ3) is 4.04. The maximum Gasteiger partial charge on any atom is 0.416 e. The van der Waals surface area contributed by atoms with Gasteiger partial charge in [-0.1, -0.05) is 0 Å². The standard InChI is InChI=1S/C20H14F6N2O3/c21-19(22,23)11-3-1-10(2-4-11)17-28-18(7-8-18)15(31-17)16(30)27-13-9-12(20(24,25)26)5-6-14(13)29/h1-6,9,15,29H,7-8H2,(H,27,30). The number of benzene rings is 2. The van der Waals surface area contributed by atoms with Gasteiger partial charge in [-0.3, -0.25) is 4.79 Å². The Kier molecular flexibility index (Phi) is 4.67. The summed E-state index contributed by atoms with van der Waals surface area (Å²) in [5.41, 5.74) is -3.06. The van der Waals surface area contributed by atoms with E-state index in [4.69, 9.17) is 4.74 Å². The third-order valence-electron chi connectivity index (χ3n) is 5.08. The van der Waals surface area contributed by atoms with Crippen molar-refractivity contribution >= 4 is 17.5 Å². The zero-order valence-electron chi connectivity index (χ0n) is 15.5. The second kappa shape index (κ2) is 6.89. The molecule has 0 bridgehead atoms. The first-order valence-corrected chi connectivity index (χ1v) is 9.04. The third-order valence-corrected chi connectivity index (χ3v) is 5.08. The Hall–Kier alpha value is -3.24. The molecule has 4 rings (SSSR count). The number of rotatable bonds is 3. The summed E-state index contributed by atoms with van der Waals surface area (Å²) in [6.07, 6.45) is -9.45. The molecule has 0 radical (unpaired) electrons.